The van der Waals surface area contributed by atoms with Gasteiger partial charge in [0.1, 0.15) is 5.67 Å². The van der Waals surface area contributed by atoms with Crippen molar-refractivity contribution in [1.29, 1.82) is 0 Å². The number of aryl methyl sites for hydroxylation is 1. The van der Waals surface area contributed by atoms with Crippen LogP contribution in [0, 0.1) is 0 Å². The van der Waals surface area contributed by atoms with E-state index in [9.17, 15) is 9.18 Å². The second kappa shape index (κ2) is 2.91. The zero-order valence-electron chi connectivity index (χ0n) is 8.43. The van der Waals surface area contributed by atoms with Gasteiger partial charge in [-0.15, -0.1) is 0 Å². The van der Waals surface area contributed by atoms with Crippen LogP contribution in [0.5, 0.6) is 0 Å². The summed E-state index contributed by atoms with van der Waals surface area (Å²) in [7, 11) is 0. The van der Waals surface area contributed by atoms with Crippen molar-refractivity contribution in [3.8, 4) is 0 Å². The molecule has 0 aromatic heterocycles. The van der Waals surface area contributed by atoms with E-state index in [0.29, 0.717) is 17.5 Å². The van der Waals surface area contributed by atoms with Crippen molar-refractivity contribution in [1.82, 2.24) is 0 Å². The van der Waals surface area contributed by atoms with E-state index >= 15 is 0 Å². The predicted octanol–water partition coefficient (Wildman–Crippen LogP) is 3.02. The van der Waals surface area contributed by atoms with Gasteiger partial charge < -0.3 is 0 Å². The number of ketones is 1. The van der Waals surface area contributed by atoms with Gasteiger partial charge in [-0.2, -0.15) is 0 Å². The molecule has 1 atom stereocenters. The highest BCUT2D eigenvalue weighted by Crippen LogP contribution is 2.41. The lowest BCUT2D eigenvalue weighted by Gasteiger charge is -2.17. The van der Waals surface area contributed by atoms with Gasteiger partial charge >= 0.3 is 0 Å². The van der Waals surface area contributed by atoms with Gasteiger partial charge in [0.25, 0.3) is 0 Å². The SMILES string of the molecule is CC(=O)c1cccc2c1C(C)(F)CC2. The Bertz CT molecular complexity index is 393. The van der Waals surface area contributed by atoms with Crippen LogP contribution in [0.1, 0.15) is 41.8 Å². The van der Waals surface area contributed by atoms with Crippen LogP contribution in [-0.2, 0) is 12.1 Å². The van der Waals surface area contributed by atoms with E-state index < -0.39 is 5.67 Å². The van der Waals surface area contributed by atoms with Gasteiger partial charge in [-0.25, -0.2) is 4.39 Å². The van der Waals surface area contributed by atoms with Gasteiger partial charge in [-0.3, -0.25) is 4.79 Å². The summed E-state index contributed by atoms with van der Waals surface area (Å²) < 4.78 is 14.1. The monoisotopic (exact) mass is 192 g/mol. The first kappa shape index (κ1) is 9.38. The second-order valence-corrected chi connectivity index (χ2v) is 4.09. The number of halogens is 1. The normalized spacial score (nSPS) is 24.8. The summed E-state index contributed by atoms with van der Waals surface area (Å²) in [5.74, 6) is -0.0485. The number of rotatable bonds is 1. The van der Waals surface area contributed by atoms with Crippen LogP contribution < -0.4 is 0 Å². The molecule has 1 nitrogen and oxygen atoms in total. The van der Waals surface area contributed by atoms with Gasteiger partial charge in [0.2, 0.25) is 0 Å². The number of benzene rings is 1. The van der Waals surface area contributed by atoms with Crippen LogP contribution in [0.4, 0.5) is 4.39 Å². The average molecular weight is 192 g/mol. The number of hydrogen-bond donors (Lipinski definition) is 0. The van der Waals surface area contributed by atoms with Gasteiger partial charge in [0.15, 0.2) is 5.78 Å². The van der Waals surface area contributed by atoms with E-state index in [4.69, 9.17) is 0 Å². The van der Waals surface area contributed by atoms with Crippen molar-refractivity contribution < 1.29 is 9.18 Å². The molecular formula is C12H13FO. The molecule has 0 spiro atoms. The van der Waals surface area contributed by atoms with Gasteiger partial charge in [-0.05, 0) is 32.3 Å². The highest BCUT2D eigenvalue weighted by atomic mass is 19.1. The molecule has 0 saturated carbocycles. The molecule has 1 aliphatic carbocycles. The van der Waals surface area contributed by atoms with Crippen LogP contribution in [0.25, 0.3) is 0 Å². The van der Waals surface area contributed by atoms with Crippen LogP contribution in [-0.4, -0.2) is 5.78 Å². The Morgan fingerprint density at radius 3 is 2.86 bits per heavy atom. The Morgan fingerprint density at radius 1 is 1.50 bits per heavy atom. The Morgan fingerprint density at radius 2 is 2.21 bits per heavy atom. The molecule has 14 heavy (non-hydrogen) atoms. The largest absolute Gasteiger partial charge is 0.294 e. The van der Waals surface area contributed by atoms with Crippen molar-refractivity contribution in [2.24, 2.45) is 0 Å². The lowest BCUT2D eigenvalue weighted by molar-refractivity contribution is 0.100. The molecular weight excluding hydrogens is 179 g/mol. The Balaban J connectivity index is 2.66. The van der Waals surface area contributed by atoms with E-state index in [1.165, 1.54) is 6.92 Å². The number of alkyl halides is 1. The Kier molecular flexibility index (Phi) is 1.95. The molecule has 2 rings (SSSR count). The molecule has 0 heterocycles. The highest BCUT2D eigenvalue weighted by Gasteiger charge is 2.36. The number of Topliss-reactive ketones (excluding diaryl/α,β-unsaturated/α-hetero) is 1. The zero-order chi connectivity index (χ0) is 10.3. The topological polar surface area (TPSA) is 17.1 Å². The van der Waals surface area contributed by atoms with Gasteiger partial charge in [0, 0.05) is 11.1 Å². The lowest BCUT2D eigenvalue weighted by atomic mass is 9.93. The summed E-state index contributed by atoms with van der Waals surface area (Å²) >= 11 is 0. The van der Waals surface area contributed by atoms with Gasteiger partial charge in [0.05, 0.1) is 0 Å². The van der Waals surface area contributed by atoms with Crippen LogP contribution >= 0.6 is 0 Å². The number of fused-ring (bicyclic) bond motifs is 1. The fraction of sp³-hybridized carbons (Fsp3) is 0.417. The number of carbonyl (C=O) groups is 1. The van der Waals surface area contributed by atoms with Crippen molar-refractivity contribution in [3.63, 3.8) is 0 Å². The molecule has 1 unspecified atom stereocenters. The fourth-order valence-electron chi connectivity index (χ4n) is 2.21. The predicted molar refractivity (Wildman–Crippen MR) is 53.2 cm³/mol. The third kappa shape index (κ3) is 1.26. The first-order valence-corrected chi connectivity index (χ1v) is 4.84. The maximum Gasteiger partial charge on any atom is 0.160 e. The molecule has 1 aromatic carbocycles. The molecule has 0 aliphatic heterocycles. The van der Waals surface area contributed by atoms with E-state index in [1.54, 1.807) is 13.0 Å². The molecule has 1 aromatic rings. The molecule has 2 heteroatoms. The molecule has 0 radical (unpaired) electrons. The first-order valence-electron chi connectivity index (χ1n) is 4.84. The summed E-state index contributed by atoms with van der Waals surface area (Å²) in [4.78, 5) is 11.3. The maximum atomic E-state index is 14.1. The fourth-order valence-corrected chi connectivity index (χ4v) is 2.21. The average Bonchev–Trinajstić information content (AvgIpc) is 2.43. The third-order valence-electron chi connectivity index (χ3n) is 2.92. The van der Waals surface area contributed by atoms with Crippen LogP contribution in [0.15, 0.2) is 18.2 Å². The molecule has 74 valence electrons. The summed E-state index contributed by atoms with van der Waals surface area (Å²) in [6, 6.07) is 5.45. The minimum absolute atomic E-state index is 0.0485. The van der Waals surface area contributed by atoms with Crippen molar-refractivity contribution in [3.05, 3.63) is 34.9 Å². The Hall–Kier alpha value is -1.18. The van der Waals surface area contributed by atoms with E-state index in [1.807, 2.05) is 12.1 Å². The minimum Gasteiger partial charge on any atom is -0.294 e. The van der Waals surface area contributed by atoms with E-state index in [0.717, 1.165) is 12.0 Å². The third-order valence-corrected chi connectivity index (χ3v) is 2.92. The Labute approximate surface area is 82.9 Å². The van der Waals surface area contributed by atoms with Crippen LogP contribution in [0.3, 0.4) is 0 Å². The first-order chi connectivity index (χ1) is 6.52. The number of carbonyl (C=O) groups excluding carboxylic acids is 1. The summed E-state index contributed by atoms with van der Waals surface area (Å²) in [5, 5.41) is 0. The lowest BCUT2D eigenvalue weighted by Crippen LogP contribution is -2.14. The van der Waals surface area contributed by atoms with Crippen LogP contribution in [0.2, 0.25) is 0 Å². The molecule has 0 saturated heterocycles. The maximum absolute atomic E-state index is 14.1. The molecule has 0 fully saturated rings. The molecule has 0 amide bonds. The highest BCUT2D eigenvalue weighted by molar-refractivity contribution is 5.96. The van der Waals surface area contributed by atoms with Gasteiger partial charge in [-0.1, -0.05) is 18.2 Å². The zero-order valence-corrected chi connectivity index (χ0v) is 8.43. The van der Waals surface area contributed by atoms with Crippen molar-refractivity contribution in [2.75, 3.05) is 0 Å². The number of hydrogen-bond acceptors (Lipinski definition) is 1. The summed E-state index contributed by atoms with van der Waals surface area (Å²) in [6.45, 7) is 3.05. The second-order valence-electron chi connectivity index (χ2n) is 4.09. The smallest absolute Gasteiger partial charge is 0.160 e. The minimum atomic E-state index is -1.32. The van der Waals surface area contributed by atoms with Crippen molar-refractivity contribution in [2.45, 2.75) is 32.4 Å². The summed E-state index contributed by atoms with van der Waals surface area (Å²) in [5.41, 5.74) is 0.831. The van der Waals surface area contributed by atoms with Crippen molar-refractivity contribution >= 4 is 5.78 Å². The standard InChI is InChI=1S/C12H13FO/c1-8(14)10-5-3-4-9-6-7-12(2,13)11(9)10/h3-5H,6-7H2,1-2H3. The molecule has 0 N–H and O–H groups in total. The quantitative estimate of drug-likeness (QED) is 0.625. The molecule has 1 aliphatic rings. The molecule has 0 bridgehead atoms. The summed E-state index contributed by atoms with van der Waals surface area (Å²) in [6.07, 6.45) is 1.23. The van der Waals surface area contributed by atoms with E-state index in [-0.39, 0.29) is 5.78 Å². The van der Waals surface area contributed by atoms with E-state index in [2.05, 4.69) is 0 Å².